The molecule has 0 bridgehead atoms. The second kappa shape index (κ2) is 3.96. The smallest absolute Gasteiger partial charge is 0.387 e. The van der Waals surface area contributed by atoms with Gasteiger partial charge in [-0.15, -0.1) is 0 Å². The van der Waals surface area contributed by atoms with Gasteiger partial charge in [0.05, 0.1) is 5.69 Å². The Morgan fingerprint density at radius 2 is 2.33 bits per heavy atom. The van der Waals surface area contributed by atoms with E-state index in [1.165, 1.54) is 18.3 Å². The van der Waals surface area contributed by atoms with Crippen LogP contribution in [0.15, 0.2) is 18.3 Å². The van der Waals surface area contributed by atoms with Crippen molar-refractivity contribution in [1.29, 1.82) is 0 Å². The summed E-state index contributed by atoms with van der Waals surface area (Å²) < 4.78 is 27.5. The number of pyridine rings is 1. The lowest BCUT2D eigenvalue weighted by Gasteiger charge is -2.04. The van der Waals surface area contributed by atoms with Gasteiger partial charge in [-0.25, -0.2) is 0 Å². The minimum Gasteiger partial charge on any atom is -0.435 e. The highest BCUT2D eigenvalue weighted by Gasteiger charge is 2.03. The summed E-state index contributed by atoms with van der Waals surface area (Å²) in [7, 11) is 0. The average Bonchev–Trinajstić information content (AvgIpc) is 2.03. The fraction of sp³-hybridized carbons (Fsp3) is 0.286. The molecular formula is C7H8F2N2O. The van der Waals surface area contributed by atoms with Gasteiger partial charge in [0.1, 0.15) is 5.75 Å². The highest BCUT2D eigenvalue weighted by Crippen LogP contribution is 2.13. The second-order valence-corrected chi connectivity index (χ2v) is 2.07. The normalized spacial score (nSPS) is 10.3. The van der Waals surface area contributed by atoms with Crippen molar-refractivity contribution in [2.24, 2.45) is 5.73 Å². The number of halogens is 2. The molecule has 1 heterocycles. The zero-order valence-corrected chi connectivity index (χ0v) is 6.21. The molecule has 0 unspecified atom stereocenters. The quantitative estimate of drug-likeness (QED) is 0.747. The maximum Gasteiger partial charge on any atom is 0.387 e. The number of alkyl halides is 2. The standard InChI is InChI=1S/C7H8F2N2O/c8-7(9)12-6-1-2-11-5(3-6)4-10/h1-3,7H,4,10H2. The Hall–Kier alpha value is -1.23. The number of nitrogens with two attached hydrogens (primary N) is 1. The van der Waals surface area contributed by atoms with Crippen LogP contribution in [0.2, 0.25) is 0 Å². The molecule has 0 amide bonds. The van der Waals surface area contributed by atoms with E-state index in [0.717, 1.165) is 0 Å². The monoisotopic (exact) mass is 174 g/mol. The summed E-state index contributed by atoms with van der Waals surface area (Å²) in [4.78, 5) is 3.82. The lowest BCUT2D eigenvalue weighted by atomic mass is 10.3. The van der Waals surface area contributed by atoms with Gasteiger partial charge in [0.15, 0.2) is 0 Å². The van der Waals surface area contributed by atoms with Gasteiger partial charge in [-0.05, 0) is 6.07 Å². The van der Waals surface area contributed by atoms with Crippen LogP contribution in [-0.4, -0.2) is 11.6 Å². The second-order valence-electron chi connectivity index (χ2n) is 2.07. The number of aromatic nitrogens is 1. The molecule has 1 rings (SSSR count). The van der Waals surface area contributed by atoms with Crippen molar-refractivity contribution in [1.82, 2.24) is 4.98 Å². The van der Waals surface area contributed by atoms with Crippen LogP contribution in [-0.2, 0) is 6.54 Å². The van der Waals surface area contributed by atoms with E-state index in [-0.39, 0.29) is 12.3 Å². The van der Waals surface area contributed by atoms with Crippen LogP contribution in [0.25, 0.3) is 0 Å². The van der Waals surface area contributed by atoms with E-state index in [4.69, 9.17) is 5.73 Å². The van der Waals surface area contributed by atoms with Crippen molar-refractivity contribution >= 4 is 0 Å². The van der Waals surface area contributed by atoms with Gasteiger partial charge in [0.2, 0.25) is 0 Å². The molecule has 0 aromatic carbocycles. The van der Waals surface area contributed by atoms with Crippen LogP contribution in [0, 0.1) is 0 Å². The number of rotatable bonds is 3. The lowest BCUT2D eigenvalue weighted by Crippen LogP contribution is -2.04. The summed E-state index contributed by atoms with van der Waals surface area (Å²) in [6.07, 6.45) is 1.37. The van der Waals surface area contributed by atoms with Crippen molar-refractivity contribution in [3.05, 3.63) is 24.0 Å². The summed E-state index contributed by atoms with van der Waals surface area (Å²) in [5, 5.41) is 0. The fourth-order valence-corrected chi connectivity index (χ4v) is 0.744. The lowest BCUT2D eigenvalue weighted by molar-refractivity contribution is -0.0499. The number of ether oxygens (including phenoxy) is 1. The van der Waals surface area contributed by atoms with Gasteiger partial charge in [-0.3, -0.25) is 4.98 Å². The van der Waals surface area contributed by atoms with E-state index in [9.17, 15) is 8.78 Å². The van der Waals surface area contributed by atoms with Crippen LogP contribution in [0.1, 0.15) is 5.69 Å². The van der Waals surface area contributed by atoms with Gasteiger partial charge in [0, 0.05) is 18.8 Å². The van der Waals surface area contributed by atoms with Crippen LogP contribution in [0.5, 0.6) is 5.75 Å². The van der Waals surface area contributed by atoms with Crippen molar-refractivity contribution in [2.45, 2.75) is 13.2 Å². The Balaban J connectivity index is 2.72. The SMILES string of the molecule is NCc1cc(OC(F)F)ccn1. The number of hydrogen-bond acceptors (Lipinski definition) is 3. The molecule has 0 saturated heterocycles. The van der Waals surface area contributed by atoms with Gasteiger partial charge < -0.3 is 10.5 Å². The van der Waals surface area contributed by atoms with Crippen LogP contribution >= 0.6 is 0 Å². The summed E-state index contributed by atoms with van der Waals surface area (Å²) in [6.45, 7) is -2.60. The summed E-state index contributed by atoms with van der Waals surface area (Å²) in [5.41, 5.74) is 5.77. The zero-order chi connectivity index (χ0) is 8.97. The Morgan fingerprint density at radius 1 is 1.58 bits per heavy atom. The fourth-order valence-electron chi connectivity index (χ4n) is 0.744. The zero-order valence-electron chi connectivity index (χ0n) is 6.21. The largest absolute Gasteiger partial charge is 0.435 e. The van der Waals surface area contributed by atoms with Crippen molar-refractivity contribution < 1.29 is 13.5 Å². The predicted molar refractivity (Wildman–Crippen MR) is 38.8 cm³/mol. The molecule has 0 atom stereocenters. The van der Waals surface area contributed by atoms with E-state index >= 15 is 0 Å². The molecular weight excluding hydrogens is 166 g/mol. The Labute approximate surface area is 68.2 Å². The molecule has 0 spiro atoms. The van der Waals surface area contributed by atoms with Gasteiger partial charge in [0.25, 0.3) is 0 Å². The first-order chi connectivity index (χ1) is 5.72. The van der Waals surface area contributed by atoms with Crippen molar-refractivity contribution in [3.63, 3.8) is 0 Å². The molecule has 0 fully saturated rings. The molecule has 0 saturated carbocycles. The maximum atomic E-state index is 11.7. The first-order valence-corrected chi connectivity index (χ1v) is 3.32. The Bertz CT molecular complexity index is 255. The molecule has 0 aliphatic heterocycles. The van der Waals surface area contributed by atoms with Crippen LogP contribution in [0.3, 0.4) is 0 Å². The molecule has 0 aliphatic carbocycles. The summed E-state index contributed by atoms with van der Waals surface area (Å²) in [5.74, 6) is 0.0838. The van der Waals surface area contributed by atoms with Gasteiger partial charge in [-0.2, -0.15) is 8.78 Å². The van der Waals surface area contributed by atoms with Crippen LogP contribution < -0.4 is 10.5 Å². The highest BCUT2D eigenvalue weighted by molar-refractivity contribution is 5.22. The number of nitrogens with zero attached hydrogens (tertiary/aromatic N) is 1. The third-order valence-electron chi connectivity index (χ3n) is 1.22. The molecule has 1 aromatic rings. The summed E-state index contributed by atoms with van der Waals surface area (Å²) in [6, 6.07) is 2.73. The third-order valence-corrected chi connectivity index (χ3v) is 1.22. The molecule has 0 radical (unpaired) electrons. The molecule has 5 heteroatoms. The van der Waals surface area contributed by atoms with Crippen molar-refractivity contribution in [3.8, 4) is 5.75 Å². The maximum absolute atomic E-state index is 11.7. The van der Waals surface area contributed by atoms with E-state index in [2.05, 4.69) is 9.72 Å². The average molecular weight is 174 g/mol. The van der Waals surface area contributed by atoms with Gasteiger partial charge >= 0.3 is 6.61 Å². The first-order valence-electron chi connectivity index (χ1n) is 3.32. The van der Waals surface area contributed by atoms with E-state index in [1.54, 1.807) is 0 Å². The van der Waals surface area contributed by atoms with Crippen molar-refractivity contribution in [2.75, 3.05) is 0 Å². The van der Waals surface area contributed by atoms with Crippen LogP contribution in [0.4, 0.5) is 8.78 Å². The predicted octanol–water partition coefficient (Wildman–Crippen LogP) is 1.14. The Morgan fingerprint density at radius 3 is 2.92 bits per heavy atom. The Kier molecular flexibility index (Phi) is 2.93. The molecule has 3 nitrogen and oxygen atoms in total. The first kappa shape index (κ1) is 8.86. The summed E-state index contributed by atoms with van der Waals surface area (Å²) >= 11 is 0. The minimum absolute atomic E-state index is 0.0838. The topological polar surface area (TPSA) is 48.1 Å². The third kappa shape index (κ3) is 2.43. The van der Waals surface area contributed by atoms with Gasteiger partial charge in [-0.1, -0.05) is 0 Å². The van der Waals surface area contributed by atoms with E-state index in [0.29, 0.717) is 5.69 Å². The minimum atomic E-state index is -2.81. The number of hydrogen-bond donors (Lipinski definition) is 1. The molecule has 1 aromatic heterocycles. The molecule has 0 aliphatic rings. The molecule has 66 valence electrons. The molecule has 2 N–H and O–H groups in total. The van der Waals surface area contributed by atoms with E-state index < -0.39 is 6.61 Å². The molecule has 12 heavy (non-hydrogen) atoms. The highest BCUT2D eigenvalue weighted by atomic mass is 19.3. The van der Waals surface area contributed by atoms with E-state index in [1.807, 2.05) is 0 Å².